The molecule has 90 valence electrons. The number of hydrogen-bond acceptors (Lipinski definition) is 2. The van der Waals surface area contributed by atoms with Crippen molar-refractivity contribution in [1.82, 2.24) is 0 Å². The van der Waals surface area contributed by atoms with Crippen molar-refractivity contribution in [1.29, 1.82) is 0 Å². The number of aryl methyl sites for hydroxylation is 1. The minimum Gasteiger partial charge on any atom is -0.467 e. The van der Waals surface area contributed by atoms with Crippen LogP contribution in [0.25, 0.3) is 0 Å². The first-order chi connectivity index (χ1) is 8.08. The van der Waals surface area contributed by atoms with E-state index in [2.05, 4.69) is 0 Å². The Hall–Kier alpha value is -1.32. The second-order valence-corrected chi connectivity index (χ2v) is 4.45. The predicted molar refractivity (Wildman–Crippen MR) is 65.5 cm³/mol. The molecule has 2 aromatic rings. The largest absolute Gasteiger partial charge is 0.467 e. The Balaban J connectivity index is 2.19. The molecule has 0 spiro atoms. The molecular formula is C13H13ClFNO. The lowest BCUT2D eigenvalue weighted by Gasteiger charge is -2.11. The smallest absolute Gasteiger partial charge is 0.127 e. The van der Waals surface area contributed by atoms with Crippen LogP contribution < -0.4 is 5.73 Å². The minimum absolute atomic E-state index is 0.336. The van der Waals surface area contributed by atoms with Crippen LogP contribution in [0.2, 0.25) is 5.02 Å². The summed E-state index contributed by atoms with van der Waals surface area (Å²) in [6.07, 6.45) is 1.97. The van der Waals surface area contributed by atoms with Gasteiger partial charge in [-0.3, -0.25) is 0 Å². The Morgan fingerprint density at radius 1 is 1.41 bits per heavy atom. The molecule has 0 radical (unpaired) electrons. The van der Waals surface area contributed by atoms with Crippen LogP contribution in [0.1, 0.15) is 22.9 Å². The van der Waals surface area contributed by atoms with Gasteiger partial charge in [0.15, 0.2) is 0 Å². The fourth-order valence-electron chi connectivity index (χ4n) is 1.78. The van der Waals surface area contributed by atoms with Crippen molar-refractivity contribution in [3.63, 3.8) is 0 Å². The Morgan fingerprint density at radius 3 is 2.76 bits per heavy atom. The standard InChI is InChI=1S/C13H13ClFNO/c1-8-4-5-17-13(8)12(16)6-9-2-3-10(14)7-11(9)15/h2-5,7,12H,6,16H2,1H3. The third kappa shape index (κ3) is 2.68. The molecule has 1 unspecified atom stereocenters. The average molecular weight is 254 g/mol. The number of furan rings is 1. The maximum Gasteiger partial charge on any atom is 0.127 e. The van der Waals surface area contributed by atoms with E-state index in [1.165, 1.54) is 6.07 Å². The van der Waals surface area contributed by atoms with Gasteiger partial charge in [0.05, 0.1) is 12.3 Å². The number of benzene rings is 1. The maximum absolute atomic E-state index is 13.6. The zero-order valence-corrected chi connectivity index (χ0v) is 10.2. The zero-order valence-electron chi connectivity index (χ0n) is 9.41. The molecule has 0 aliphatic carbocycles. The summed E-state index contributed by atoms with van der Waals surface area (Å²) < 4.78 is 18.9. The SMILES string of the molecule is Cc1ccoc1C(N)Cc1ccc(Cl)cc1F. The number of hydrogen-bond donors (Lipinski definition) is 1. The highest BCUT2D eigenvalue weighted by atomic mass is 35.5. The maximum atomic E-state index is 13.6. The van der Waals surface area contributed by atoms with Crippen molar-refractivity contribution in [2.24, 2.45) is 5.73 Å². The summed E-state index contributed by atoms with van der Waals surface area (Å²) in [5, 5.41) is 0.383. The Kier molecular flexibility index (Phi) is 3.50. The number of halogens is 2. The van der Waals surface area contributed by atoms with Crippen LogP contribution in [-0.2, 0) is 6.42 Å². The van der Waals surface area contributed by atoms with Crippen molar-refractivity contribution in [3.8, 4) is 0 Å². The summed E-state index contributed by atoms with van der Waals surface area (Å²) in [6, 6.07) is 6.09. The van der Waals surface area contributed by atoms with Gasteiger partial charge in [-0.05, 0) is 42.7 Å². The van der Waals surface area contributed by atoms with Gasteiger partial charge < -0.3 is 10.2 Å². The van der Waals surface area contributed by atoms with Crippen LogP contribution in [0, 0.1) is 12.7 Å². The van der Waals surface area contributed by atoms with E-state index in [9.17, 15) is 4.39 Å². The van der Waals surface area contributed by atoms with Crippen molar-refractivity contribution >= 4 is 11.6 Å². The predicted octanol–water partition coefficient (Wildman–Crippen LogP) is 3.62. The average Bonchev–Trinajstić information content (AvgIpc) is 2.68. The van der Waals surface area contributed by atoms with Crippen LogP contribution in [0.4, 0.5) is 4.39 Å². The van der Waals surface area contributed by atoms with Crippen LogP contribution in [-0.4, -0.2) is 0 Å². The lowest BCUT2D eigenvalue weighted by Crippen LogP contribution is -2.14. The van der Waals surface area contributed by atoms with E-state index >= 15 is 0 Å². The first kappa shape index (κ1) is 12.1. The van der Waals surface area contributed by atoms with Crippen molar-refractivity contribution in [2.75, 3.05) is 0 Å². The van der Waals surface area contributed by atoms with Crippen LogP contribution in [0.5, 0.6) is 0 Å². The molecular weight excluding hydrogens is 241 g/mol. The Labute approximate surface area is 104 Å². The number of rotatable bonds is 3. The molecule has 0 amide bonds. The summed E-state index contributed by atoms with van der Waals surface area (Å²) in [7, 11) is 0. The Bertz CT molecular complexity index is 524. The highest BCUT2D eigenvalue weighted by Crippen LogP contribution is 2.23. The molecule has 0 aliphatic heterocycles. The van der Waals surface area contributed by atoms with Crippen LogP contribution in [0.3, 0.4) is 0 Å². The molecule has 2 N–H and O–H groups in total. The minimum atomic E-state index is -0.347. The van der Waals surface area contributed by atoms with Crippen LogP contribution >= 0.6 is 11.6 Å². The van der Waals surface area contributed by atoms with Gasteiger partial charge in [-0.15, -0.1) is 0 Å². The van der Waals surface area contributed by atoms with E-state index in [1.807, 2.05) is 13.0 Å². The lowest BCUT2D eigenvalue weighted by atomic mass is 10.0. The highest BCUT2D eigenvalue weighted by Gasteiger charge is 2.15. The van der Waals surface area contributed by atoms with Gasteiger partial charge >= 0.3 is 0 Å². The first-order valence-corrected chi connectivity index (χ1v) is 5.69. The molecule has 1 aromatic heterocycles. The van der Waals surface area contributed by atoms with Crippen molar-refractivity contribution < 1.29 is 8.81 Å². The molecule has 0 bridgehead atoms. The van der Waals surface area contributed by atoms with E-state index in [4.69, 9.17) is 21.8 Å². The molecule has 1 aromatic carbocycles. The van der Waals surface area contributed by atoms with E-state index in [1.54, 1.807) is 18.4 Å². The monoisotopic (exact) mass is 253 g/mol. The second kappa shape index (κ2) is 4.90. The van der Waals surface area contributed by atoms with Gasteiger partial charge in [0.25, 0.3) is 0 Å². The molecule has 1 atom stereocenters. The molecule has 0 saturated carbocycles. The van der Waals surface area contributed by atoms with Gasteiger partial charge in [-0.2, -0.15) is 0 Å². The van der Waals surface area contributed by atoms with Crippen molar-refractivity contribution in [2.45, 2.75) is 19.4 Å². The van der Waals surface area contributed by atoms with E-state index in [-0.39, 0.29) is 11.9 Å². The van der Waals surface area contributed by atoms with Crippen molar-refractivity contribution in [3.05, 3.63) is 58.3 Å². The number of nitrogens with two attached hydrogens (primary N) is 1. The topological polar surface area (TPSA) is 39.2 Å². The summed E-state index contributed by atoms with van der Waals surface area (Å²) in [6.45, 7) is 1.91. The fourth-order valence-corrected chi connectivity index (χ4v) is 1.94. The van der Waals surface area contributed by atoms with E-state index in [0.717, 1.165) is 5.56 Å². The van der Waals surface area contributed by atoms with Gasteiger partial charge in [-0.25, -0.2) is 4.39 Å². The molecule has 4 heteroatoms. The molecule has 17 heavy (non-hydrogen) atoms. The summed E-state index contributed by atoms with van der Waals surface area (Å²) in [4.78, 5) is 0. The van der Waals surface area contributed by atoms with Gasteiger partial charge in [-0.1, -0.05) is 17.7 Å². The second-order valence-electron chi connectivity index (χ2n) is 4.01. The summed E-state index contributed by atoms with van der Waals surface area (Å²) in [5.41, 5.74) is 7.50. The molecule has 0 fully saturated rings. The normalized spacial score (nSPS) is 12.7. The Morgan fingerprint density at radius 2 is 2.18 bits per heavy atom. The molecule has 2 rings (SSSR count). The van der Waals surface area contributed by atoms with Gasteiger partial charge in [0.1, 0.15) is 11.6 Å². The molecule has 0 aliphatic rings. The first-order valence-electron chi connectivity index (χ1n) is 5.31. The van der Waals surface area contributed by atoms with Crippen LogP contribution in [0.15, 0.2) is 34.9 Å². The highest BCUT2D eigenvalue weighted by molar-refractivity contribution is 6.30. The van der Waals surface area contributed by atoms with E-state index in [0.29, 0.717) is 22.8 Å². The van der Waals surface area contributed by atoms with Gasteiger partial charge in [0.2, 0.25) is 0 Å². The lowest BCUT2D eigenvalue weighted by molar-refractivity contribution is 0.457. The van der Waals surface area contributed by atoms with E-state index < -0.39 is 0 Å². The molecule has 1 heterocycles. The molecule has 2 nitrogen and oxygen atoms in total. The summed E-state index contributed by atoms with van der Waals surface area (Å²) in [5.74, 6) is 0.358. The third-order valence-corrected chi connectivity index (χ3v) is 2.93. The molecule has 0 saturated heterocycles. The summed E-state index contributed by atoms with van der Waals surface area (Å²) >= 11 is 5.69. The third-order valence-electron chi connectivity index (χ3n) is 2.69. The van der Waals surface area contributed by atoms with Gasteiger partial charge in [0, 0.05) is 5.02 Å². The zero-order chi connectivity index (χ0) is 12.4. The fraction of sp³-hybridized carbons (Fsp3) is 0.231. The quantitative estimate of drug-likeness (QED) is 0.907.